The maximum atomic E-state index is 12.3. The maximum Gasteiger partial charge on any atom is 0.262 e. The number of anilines is 1. The van der Waals surface area contributed by atoms with Gasteiger partial charge in [0.2, 0.25) is 5.91 Å². The van der Waals surface area contributed by atoms with Crippen LogP contribution in [0.25, 0.3) is 10.2 Å². The van der Waals surface area contributed by atoms with Crippen molar-refractivity contribution in [3.05, 3.63) is 51.9 Å². The van der Waals surface area contributed by atoms with Crippen LogP contribution in [0.3, 0.4) is 0 Å². The Kier molecular flexibility index (Phi) is 4.61. The third-order valence-corrected chi connectivity index (χ3v) is 4.48. The first kappa shape index (κ1) is 16.2. The molecular formula is C17H17N3O3S. The van der Waals surface area contributed by atoms with E-state index in [2.05, 4.69) is 10.3 Å². The minimum Gasteiger partial charge on any atom is -0.495 e. The van der Waals surface area contributed by atoms with Gasteiger partial charge in [-0.05, 0) is 36.1 Å². The third kappa shape index (κ3) is 3.30. The number of carbonyl (C=O) groups is 1. The van der Waals surface area contributed by atoms with Crippen molar-refractivity contribution in [2.75, 3.05) is 12.4 Å². The van der Waals surface area contributed by atoms with Crippen LogP contribution >= 0.6 is 11.3 Å². The first-order valence-corrected chi connectivity index (χ1v) is 8.33. The molecule has 3 aromatic rings. The third-order valence-electron chi connectivity index (χ3n) is 3.66. The summed E-state index contributed by atoms with van der Waals surface area (Å²) in [6.07, 6.45) is 1.66. The van der Waals surface area contributed by atoms with Crippen molar-refractivity contribution in [1.29, 1.82) is 0 Å². The second-order valence-electron chi connectivity index (χ2n) is 5.38. The standard InChI is InChI=1S/C17H17N3O3S/c1-11-3-4-14(23-2)13(9-11)19-15(21)5-7-20-10-18-16-12(17(20)22)6-8-24-16/h3-4,6,8-10H,5,7H2,1-2H3,(H,19,21). The number of aromatic nitrogens is 2. The number of hydrogen-bond acceptors (Lipinski definition) is 5. The quantitative estimate of drug-likeness (QED) is 0.773. The van der Waals surface area contributed by atoms with Crippen LogP contribution in [0.4, 0.5) is 5.69 Å². The van der Waals surface area contributed by atoms with Crippen molar-refractivity contribution in [3.8, 4) is 5.75 Å². The van der Waals surface area contributed by atoms with Crippen LogP contribution < -0.4 is 15.6 Å². The van der Waals surface area contributed by atoms with Gasteiger partial charge >= 0.3 is 0 Å². The van der Waals surface area contributed by atoms with Crippen molar-refractivity contribution in [2.24, 2.45) is 0 Å². The largest absolute Gasteiger partial charge is 0.495 e. The number of benzene rings is 1. The van der Waals surface area contributed by atoms with E-state index in [0.717, 1.165) is 5.56 Å². The number of aryl methyl sites for hydroxylation is 2. The van der Waals surface area contributed by atoms with E-state index in [1.807, 2.05) is 30.5 Å². The predicted molar refractivity (Wildman–Crippen MR) is 94.9 cm³/mol. The molecule has 0 saturated carbocycles. The van der Waals surface area contributed by atoms with E-state index in [1.54, 1.807) is 13.2 Å². The number of fused-ring (bicyclic) bond motifs is 1. The number of thiophene rings is 1. The molecule has 7 heteroatoms. The fourth-order valence-electron chi connectivity index (χ4n) is 2.41. The zero-order valence-electron chi connectivity index (χ0n) is 13.4. The first-order valence-electron chi connectivity index (χ1n) is 7.45. The number of amides is 1. The van der Waals surface area contributed by atoms with Crippen LogP contribution in [-0.2, 0) is 11.3 Å². The number of ether oxygens (including phenoxy) is 1. The molecule has 0 atom stereocenters. The molecule has 0 aliphatic rings. The highest BCUT2D eigenvalue weighted by atomic mass is 32.1. The molecule has 0 fully saturated rings. The Bertz CT molecular complexity index is 946. The zero-order valence-corrected chi connectivity index (χ0v) is 14.2. The first-order chi connectivity index (χ1) is 11.6. The SMILES string of the molecule is COc1ccc(C)cc1NC(=O)CCn1cnc2sccc2c1=O. The second-order valence-corrected chi connectivity index (χ2v) is 6.28. The Morgan fingerprint density at radius 2 is 2.21 bits per heavy atom. The maximum absolute atomic E-state index is 12.3. The molecule has 0 bridgehead atoms. The smallest absolute Gasteiger partial charge is 0.262 e. The molecule has 0 aliphatic carbocycles. The number of nitrogens with zero attached hydrogens (tertiary/aromatic N) is 2. The topological polar surface area (TPSA) is 73.2 Å². The fraction of sp³-hybridized carbons (Fsp3) is 0.235. The summed E-state index contributed by atoms with van der Waals surface area (Å²) in [6.45, 7) is 2.22. The van der Waals surface area contributed by atoms with E-state index >= 15 is 0 Å². The van der Waals surface area contributed by atoms with Crippen molar-refractivity contribution >= 4 is 33.1 Å². The Morgan fingerprint density at radius 1 is 1.38 bits per heavy atom. The predicted octanol–water partition coefficient (Wildman–Crippen LogP) is 2.80. The summed E-state index contributed by atoms with van der Waals surface area (Å²) in [5.41, 5.74) is 1.53. The molecule has 0 radical (unpaired) electrons. The Morgan fingerprint density at radius 3 is 3.00 bits per heavy atom. The lowest BCUT2D eigenvalue weighted by Gasteiger charge is -2.11. The molecule has 24 heavy (non-hydrogen) atoms. The molecule has 6 nitrogen and oxygen atoms in total. The Balaban J connectivity index is 1.70. The number of carbonyl (C=O) groups excluding carboxylic acids is 1. The lowest BCUT2D eigenvalue weighted by Crippen LogP contribution is -2.23. The van der Waals surface area contributed by atoms with E-state index in [0.29, 0.717) is 21.7 Å². The van der Waals surface area contributed by atoms with Crippen LogP contribution in [0.1, 0.15) is 12.0 Å². The minimum atomic E-state index is -0.184. The number of hydrogen-bond donors (Lipinski definition) is 1. The van der Waals surface area contributed by atoms with E-state index in [-0.39, 0.29) is 24.4 Å². The molecule has 0 spiro atoms. The van der Waals surface area contributed by atoms with Gasteiger partial charge in [0.1, 0.15) is 10.6 Å². The van der Waals surface area contributed by atoms with Crippen LogP contribution in [0.2, 0.25) is 0 Å². The Labute approximate surface area is 142 Å². The molecule has 1 aromatic carbocycles. The van der Waals surface area contributed by atoms with Gasteiger partial charge in [0.15, 0.2) is 0 Å². The van der Waals surface area contributed by atoms with Gasteiger partial charge in [-0.25, -0.2) is 4.98 Å². The van der Waals surface area contributed by atoms with Crippen LogP contribution in [-0.4, -0.2) is 22.6 Å². The summed E-state index contributed by atoms with van der Waals surface area (Å²) in [5.74, 6) is 0.420. The average Bonchev–Trinajstić information content (AvgIpc) is 3.04. The lowest BCUT2D eigenvalue weighted by atomic mass is 10.2. The van der Waals surface area contributed by atoms with E-state index in [4.69, 9.17) is 4.74 Å². The van der Waals surface area contributed by atoms with Gasteiger partial charge in [0.25, 0.3) is 5.56 Å². The van der Waals surface area contributed by atoms with Gasteiger partial charge in [-0.15, -0.1) is 11.3 Å². The summed E-state index contributed by atoms with van der Waals surface area (Å²) in [6, 6.07) is 7.32. The molecule has 3 rings (SSSR count). The Hall–Kier alpha value is -2.67. The van der Waals surface area contributed by atoms with Gasteiger partial charge < -0.3 is 10.1 Å². The highest BCUT2D eigenvalue weighted by molar-refractivity contribution is 7.16. The normalized spacial score (nSPS) is 10.8. The summed E-state index contributed by atoms with van der Waals surface area (Å²) in [5, 5.41) is 5.25. The van der Waals surface area contributed by atoms with Crippen molar-refractivity contribution < 1.29 is 9.53 Å². The summed E-state index contributed by atoms with van der Waals surface area (Å²) >= 11 is 1.42. The lowest BCUT2D eigenvalue weighted by molar-refractivity contribution is -0.116. The van der Waals surface area contributed by atoms with Crippen molar-refractivity contribution in [1.82, 2.24) is 9.55 Å². The van der Waals surface area contributed by atoms with Gasteiger partial charge in [-0.3, -0.25) is 14.2 Å². The molecule has 124 valence electrons. The molecule has 2 aromatic heterocycles. The summed E-state index contributed by atoms with van der Waals surface area (Å²) in [4.78, 5) is 29.4. The van der Waals surface area contributed by atoms with E-state index in [9.17, 15) is 9.59 Å². The van der Waals surface area contributed by atoms with Crippen molar-refractivity contribution in [2.45, 2.75) is 19.9 Å². The molecule has 0 aliphatic heterocycles. The summed E-state index contributed by atoms with van der Waals surface area (Å²) < 4.78 is 6.70. The van der Waals surface area contributed by atoms with Crippen LogP contribution in [0.15, 0.2) is 40.8 Å². The second kappa shape index (κ2) is 6.84. The molecule has 1 amide bonds. The van der Waals surface area contributed by atoms with Crippen LogP contribution in [0, 0.1) is 6.92 Å². The molecule has 0 saturated heterocycles. The molecular weight excluding hydrogens is 326 g/mol. The van der Waals surface area contributed by atoms with E-state index < -0.39 is 0 Å². The molecule has 1 N–H and O–H groups in total. The molecule has 2 heterocycles. The monoisotopic (exact) mass is 343 g/mol. The van der Waals surface area contributed by atoms with Gasteiger partial charge in [-0.2, -0.15) is 0 Å². The van der Waals surface area contributed by atoms with Gasteiger partial charge in [-0.1, -0.05) is 6.07 Å². The number of methoxy groups -OCH3 is 1. The highest BCUT2D eigenvalue weighted by Gasteiger charge is 2.10. The van der Waals surface area contributed by atoms with Gasteiger partial charge in [0.05, 0.1) is 24.5 Å². The fourth-order valence-corrected chi connectivity index (χ4v) is 3.13. The van der Waals surface area contributed by atoms with Gasteiger partial charge in [0, 0.05) is 13.0 Å². The highest BCUT2D eigenvalue weighted by Crippen LogP contribution is 2.25. The number of nitrogens with one attached hydrogen (secondary N) is 1. The average molecular weight is 343 g/mol. The van der Waals surface area contributed by atoms with Crippen LogP contribution in [0.5, 0.6) is 5.75 Å². The summed E-state index contributed by atoms with van der Waals surface area (Å²) in [7, 11) is 1.56. The van der Waals surface area contributed by atoms with Crippen molar-refractivity contribution in [3.63, 3.8) is 0 Å². The zero-order chi connectivity index (χ0) is 17.1. The minimum absolute atomic E-state index is 0.123. The van der Waals surface area contributed by atoms with E-state index in [1.165, 1.54) is 22.2 Å². The number of rotatable bonds is 5. The molecule has 0 unspecified atom stereocenters.